The van der Waals surface area contributed by atoms with E-state index in [4.69, 9.17) is 9.84 Å². The number of nitrogens with one attached hydrogen (secondary N) is 1. The van der Waals surface area contributed by atoms with Crippen LogP contribution in [0.25, 0.3) is 5.69 Å². The fraction of sp³-hybridized carbons (Fsp3) is 0.304. The molecule has 0 spiro atoms. The number of nitrogens with zero attached hydrogens (tertiary/aromatic N) is 3. The van der Waals surface area contributed by atoms with E-state index in [1.165, 1.54) is 22.9 Å². The average molecular weight is 506 g/mol. The van der Waals surface area contributed by atoms with Crippen molar-refractivity contribution in [1.82, 2.24) is 14.3 Å². The van der Waals surface area contributed by atoms with Gasteiger partial charge in [0.25, 0.3) is 11.1 Å². The van der Waals surface area contributed by atoms with Crippen molar-refractivity contribution in [2.75, 3.05) is 18.5 Å². The molecular formula is C23H21F3N4O6. The fourth-order valence-electron chi connectivity index (χ4n) is 3.90. The number of carbonyl (C=O) groups is 1. The van der Waals surface area contributed by atoms with Crippen LogP contribution in [0.5, 0.6) is 5.75 Å². The van der Waals surface area contributed by atoms with Crippen LogP contribution in [-0.2, 0) is 28.9 Å². The highest BCUT2D eigenvalue weighted by Crippen LogP contribution is 2.28. The Hall–Kier alpha value is -4.13. The predicted octanol–water partition coefficient (Wildman–Crippen LogP) is 2.63. The van der Waals surface area contributed by atoms with Gasteiger partial charge in [0, 0.05) is 23.9 Å². The van der Waals surface area contributed by atoms with Crippen molar-refractivity contribution >= 4 is 17.5 Å². The summed E-state index contributed by atoms with van der Waals surface area (Å²) in [4.78, 5) is 36.5. The molecule has 0 unspecified atom stereocenters. The lowest BCUT2D eigenvalue weighted by molar-refractivity contribution is -0.274. The van der Waals surface area contributed by atoms with Gasteiger partial charge in [-0.25, -0.2) is 4.79 Å². The third kappa shape index (κ3) is 5.74. The van der Waals surface area contributed by atoms with E-state index < -0.39 is 35.8 Å². The Morgan fingerprint density at radius 1 is 1.08 bits per heavy atom. The number of fused-ring (bicyclic) bond motifs is 1. The number of carboxylic acids is 1. The van der Waals surface area contributed by atoms with E-state index in [1.54, 1.807) is 12.1 Å². The first-order chi connectivity index (χ1) is 17.1. The second-order valence-corrected chi connectivity index (χ2v) is 7.91. The molecule has 190 valence electrons. The second kappa shape index (κ2) is 10.2. The van der Waals surface area contributed by atoms with Crippen molar-refractivity contribution in [3.05, 3.63) is 74.4 Å². The van der Waals surface area contributed by atoms with Crippen LogP contribution in [0, 0.1) is 0 Å². The highest BCUT2D eigenvalue weighted by Gasteiger charge is 2.31. The molecule has 2 aromatic heterocycles. The quantitative estimate of drug-likeness (QED) is 0.425. The van der Waals surface area contributed by atoms with Crippen LogP contribution in [0.1, 0.15) is 17.5 Å². The van der Waals surface area contributed by atoms with E-state index in [1.807, 2.05) is 0 Å². The van der Waals surface area contributed by atoms with Gasteiger partial charge in [-0.1, -0.05) is 0 Å². The molecule has 36 heavy (non-hydrogen) atoms. The van der Waals surface area contributed by atoms with Crippen molar-refractivity contribution in [2.24, 2.45) is 0 Å². The summed E-state index contributed by atoms with van der Waals surface area (Å²) in [5.74, 6) is -1.26. The highest BCUT2D eigenvalue weighted by molar-refractivity contribution is 5.68. The molecule has 4 rings (SSSR count). The summed E-state index contributed by atoms with van der Waals surface area (Å²) in [5.41, 5.74) is 0.800. The summed E-state index contributed by atoms with van der Waals surface area (Å²) in [6, 6.07) is 7.90. The van der Waals surface area contributed by atoms with Crippen LogP contribution >= 0.6 is 0 Å². The number of benzene rings is 1. The first kappa shape index (κ1) is 25.0. The first-order valence-electron chi connectivity index (χ1n) is 10.9. The number of alkyl halides is 3. The van der Waals surface area contributed by atoms with Crippen LogP contribution in [0.2, 0.25) is 0 Å². The summed E-state index contributed by atoms with van der Waals surface area (Å²) < 4.78 is 48.7. The van der Waals surface area contributed by atoms with Crippen molar-refractivity contribution in [2.45, 2.75) is 32.2 Å². The van der Waals surface area contributed by atoms with Gasteiger partial charge >= 0.3 is 12.3 Å². The van der Waals surface area contributed by atoms with Crippen molar-refractivity contribution < 1.29 is 32.5 Å². The van der Waals surface area contributed by atoms with Gasteiger partial charge in [-0.05, 0) is 55.7 Å². The normalized spacial score (nSPS) is 12.9. The van der Waals surface area contributed by atoms with Gasteiger partial charge in [0.05, 0.1) is 12.3 Å². The van der Waals surface area contributed by atoms with E-state index in [2.05, 4.69) is 15.2 Å². The Bertz CT molecular complexity index is 1380. The number of pyridine rings is 1. The molecular weight excluding hydrogens is 485 g/mol. The van der Waals surface area contributed by atoms with Crippen LogP contribution < -0.4 is 21.2 Å². The van der Waals surface area contributed by atoms with Gasteiger partial charge in [-0.3, -0.25) is 9.59 Å². The topological polar surface area (TPSA) is 125 Å². The van der Waals surface area contributed by atoms with E-state index >= 15 is 0 Å². The molecule has 0 saturated carbocycles. The lowest BCUT2D eigenvalue weighted by atomic mass is 10.2. The molecule has 0 aliphatic heterocycles. The van der Waals surface area contributed by atoms with E-state index in [0.717, 1.165) is 16.8 Å². The molecule has 13 heteroatoms. The van der Waals surface area contributed by atoms with E-state index in [-0.39, 0.29) is 30.3 Å². The van der Waals surface area contributed by atoms with Gasteiger partial charge < -0.3 is 24.5 Å². The number of halogens is 3. The van der Waals surface area contributed by atoms with E-state index in [0.29, 0.717) is 30.4 Å². The number of aromatic nitrogens is 3. The molecule has 1 aromatic carbocycles. The maximum absolute atomic E-state index is 13.0. The molecule has 1 aliphatic rings. The van der Waals surface area contributed by atoms with Crippen LogP contribution in [-0.4, -0.2) is 45.0 Å². The van der Waals surface area contributed by atoms with Gasteiger partial charge in [-0.15, -0.1) is 18.3 Å². The molecule has 0 fully saturated rings. The van der Waals surface area contributed by atoms with Gasteiger partial charge in [-0.2, -0.15) is 4.68 Å². The van der Waals surface area contributed by atoms with Crippen LogP contribution in [0.4, 0.5) is 24.7 Å². The lowest BCUT2D eigenvalue weighted by Gasteiger charge is -2.15. The Morgan fingerprint density at radius 2 is 1.81 bits per heavy atom. The molecule has 3 aromatic rings. The monoisotopic (exact) mass is 506 g/mol. The standard InChI is InChI=1S/C23H21F3N4O6/c24-23(25,26)36-15-8-6-14(7-9-15)30-21(33)17-4-1-3-16(17)20(28-30)27-18-5-2-10-29(22(18)34)11-12-35-13-19(31)32/h2,5-10H,1,3-4,11-13H2,(H,27,28)(H,31,32). The van der Waals surface area contributed by atoms with Crippen LogP contribution in [0.3, 0.4) is 0 Å². The zero-order valence-electron chi connectivity index (χ0n) is 18.7. The Balaban J connectivity index is 1.63. The maximum atomic E-state index is 13.0. The number of ether oxygens (including phenoxy) is 2. The minimum absolute atomic E-state index is 0.0161. The van der Waals surface area contributed by atoms with Crippen LogP contribution in [0.15, 0.2) is 52.2 Å². The number of carboxylic acid groups (broad SMARTS) is 1. The minimum atomic E-state index is -4.84. The average Bonchev–Trinajstić information content (AvgIpc) is 3.31. The second-order valence-electron chi connectivity index (χ2n) is 7.91. The molecule has 0 atom stereocenters. The zero-order chi connectivity index (χ0) is 25.9. The number of rotatable bonds is 9. The molecule has 1 aliphatic carbocycles. The highest BCUT2D eigenvalue weighted by atomic mass is 19.4. The predicted molar refractivity (Wildman–Crippen MR) is 121 cm³/mol. The van der Waals surface area contributed by atoms with Gasteiger partial charge in [0.15, 0.2) is 5.82 Å². The zero-order valence-corrected chi connectivity index (χ0v) is 18.7. The Kier molecular flexibility index (Phi) is 7.10. The third-order valence-corrected chi connectivity index (χ3v) is 5.44. The summed E-state index contributed by atoms with van der Waals surface area (Å²) in [6.45, 7) is -0.338. The molecule has 0 bridgehead atoms. The molecule has 2 heterocycles. The molecule has 0 saturated heterocycles. The lowest BCUT2D eigenvalue weighted by Crippen LogP contribution is -2.28. The van der Waals surface area contributed by atoms with Crippen molar-refractivity contribution in [1.29, 1.82) is 0 Å². The summed E-state index contributed by atoms with van der Waals surface area (Å²) in [5, 5.41) is 16.0. The molecule has 10 nitrogen and oxygen atoms in total. The number of hydrogen-bond acceptors (Lipinski definition) is 7. The summed E-state index contributed by atoms with van der Waals surface area (Å²) in [7, 11) is 0. The number of anilines is 2. The molecule has 0 amide bonds. The van der Waals surface area contributed by atoms with E-state index in [9.17, 15) is 27.6 Å². The smallest absolute Gasteiger partial charge is 0.480 e. The van der Waals surface area contributed by atoms with Gasteiger partial charge in [0.1, 0.15) is 18.0 Å². The SMILES string of the molecule is O=C(O)COCCn1cccc(Nc2nn(-c3ccc(OC(F)(F)F)cc3)c(=O)c3c2CCC3)c1=O. The minimum Gasteiger partial charge on any atom is -0.480 e. The Morgan fingerprint density at radius 3 is 2.50 bits per heavy atom. The first-order valence-corrected chi connectivity index (χ1v) is 10.9. The van der Waals surface area contributed by atoms with Crippen molar-refractivity contribution in [3.63, 3.8) is 0 Å². The maximum Gasteiger partial charge on any atom is 0.573 e. The largest absolute Gasteiger partial charge is 0.573 e. The third-order valence-electron chi connectivity index (χ3n) is 5.44. The Labute approximate surface area is 201 Å². The molecule has 0 radical (unpaired) electrons. The summed E-state index contributed by atoms with van der Waals surface area (Å²) >= 11 is 0. The number of aliphatic carboxylic acids is 1. The fourth-order valence-corrected chi connectivity index (χ4v) is 3.90. The van der Waals surface area contributed by atoms with Crippen molar-refractivity contribution in [3.8, 4) is 11.4 Å². The summed E-state index contributed by atoms with van der Waals surface area (Å²) in [6.07, 6.45) is -1.53. The molecule has 2 N–H and O–H groups in total. The van der Waals surface area contributed by atoms with Gasteiger partial charge in [0.2, 0.25) is 0 Å². The number of hydrogen-bond donors (Lipinski definition) is 2.